The summed E-state index contributed by atoms with van der Waals surface area (Å²) in [5, 5.41) is 11.0. The van der Waals surface area contributed by atoms with Crippen LogP contribution in [0.1, 0.15) is 24.3 Å². The normalized spacial score (nSPS) is 11.4. The van der Waals surface area contributed by atoms with E-state index < -0.39 is 0 Å². The van der Waals surface area contributed by atoms with Crippen molar-refractivity contribution in [3.8, 4) is 0 Å². The molecule has 0 saturated carbocycles. The molecule has 16 heavy (non-hydrogen) atoms. The van der Waals surface area contributed by atoms with E-state index in [-0.39, 0.29) is 0 Å². The first kappa shape index (κ1) is 10.8. The van der Waals surface area contributed by atoms with Crippen molar-refractivity contribution in [3.63, 3.8) is 0 Å². The molecular formula is C10H12N4OS. The van der Waals surface area contributed by atoms with Crippen LogP contribution in [0.5, 0.6) is 0 Å². The van der Waals surface area contributed by atoms with Crippen LogP contribution >= 0.6 is 12.2 Å². The molecule has 0 atom stereocenters. The van der Waals surface area contributed by atoms with Crippen LogP contribution in [-0.4, -0.2) is 21.1 Å². The molecule has 0 bridgehead atoms. The van der Waals surface area contributed by atoms with Crippen molar-refractivity contribution >= 4 is 18.4 Å². The van der Waals surface area contributed by atoms with Crippen molar-refractivity contribution in [2.45, 2.75) is 20.3 Å². The number of aromatic amines is 1. The van der Waals surface area contributed by atoms with Gasteiger partial charge in [0.1, 0.15) is 11.5 Å². The van der Waals surface area contributed by atoms with Crippen LogP contribution in [0.4, 0.5) is 0 Å². The van der Waals surface area contributed by atoms with Crippen molar-refractivity contribution in [2.24, 2.45) is 5.10 Å². The van der Waals surface area contributed by atoms with Crippen LogP contribution in [0.3, 0.4) is 0 Å². The van der Waals surface area contributed by atoms with Gasteiger partial charge in [0.15, 0.2) is 5.82 Å². The molecule has 84 valence electrons. The fraction of sp³-hybridized carbons (Fsp3) is 0.300. The smallest absolute Gasteiger partial charge is 0.216 e. The molecule has 0 aromatic carbocycles. The average Bonchev–Trinajstić information content (AvgIpc) is 2.82. The lowest BCUT2D eigenvalue weighted by atomic mass is 10.4. The summed E-state index contributed by atoms with van der Waals surface area (Å²) in [6, 6.07) is 3.74. The summed E-state index contributed by atoms with van der Waals surface area (Å²) < 4.78 is 7.44. The Balaban J connectivity index is 2.29. The Bertz CT molecular complexity index is 563. The number of aromatic nitrogens is 3. The molecule has 2 aromatic heterocycles. The lowest BCUT2D eigenvalue weighted by Gasteiger charge is -1.94. The van der Waals surface area contributed by atoms with Gasteiger partial charge in [-0.1, -0.05) is 6.92 Å². The zero-order valence-corrected chi connectivity index (χ0v) is 9.91. The van der Waals surface area contributed by atoms with Gasteiger partial charge in [-0.15, -0.1) is 0 Å². The molecule has 2 aromatic rings. The monoisotopic (exact) mass is 236 g/mol. The molecule has 0 aliphatic rings. The molecule has 2 heterocycles. The third-order valence-electron chi connectivity index (χ3n) is 2.10. The summed E-state index contributed by atoms with van der Waals surface area (Å²) in [6.07, 6.45) is 2.39. The highest BCUT2D eigenvalue weighted by molar-refractivity contribution is 7.71. The highest BCUT2D eigenvalue weighted by atomic mass is 32.1. The number of hydrogen-bond donors (Lipinski definition) is 1. The predicted molar refractivity (Wildman–Crippen MR) is 63.2 cm³/mol. The fourth-order valence-electron chi connectivity index (χ4n) is 1.31. The molecule has 0 fully saturated rings. The Hall–Kier alpha value is -1.69. The molecule has 0 aliphatic heterocycles. The minimum absolute atomic E-state index is 0.483. The van der Waals surface area contributed by atoms with Crippen molar-refractivity contribution in [1.82, 2.24) is 14.9 Å². The highest BCUT2D eigenvalue weighted by Crippen LogP contribution is 2.04. The maximum Gasteiger partial charge on any atom is 0.216 e. The molecule has 0 radical (unpaired) electrons. The molecule has 6 heteroatoms. The minimum atomic E-state index is 0.483. The van der Waals surface area contributed by atoms with E-state index in [0.717, 1.165) is 18.0 Å². The maximum absolute atomic E-state index is 5.37. The summed E-state index contributed by atoms with van der Waals surface area (Å²) in [5.74, 6) is 2.35. The van der Waals surface area contributed by atoms with E-state index in [2.05, 4.69) is 15.3 Å². The van der Waals surface area contributed by atoms with Gasteiger partial charge in [-0.3, -0.25) is 5.10 Å². The van der Waals surface area contributed by atoms with Gasteiger partial charge in [-0.25, -0.2) is 0 Å². The predicted octanol–water partition coefficient (Wildman–Crippen LogP) is 2.29. The van der Waals surface area contributed by atoms with Crippen molar-refractivity contribution in [2.75, 3.05) is 0 Å². The van der Waals surface area contributed by atoms with Crippen LogP contribution in [0.25, 0.3) is 0 Å². The SMILES string of the molecule is CCc1n[nH]c(=S)n1/N=C/c1ccc(C)o1. The molecule has 0 spiro atoms. The van der Waals surface area contributed by atoms with E-state index in [1.807, 2.05) is 26.0 Å². The Morgan fingerprint density at radius 3 is 3.06 bits per heavy atom. The molecule has 5 nitrogen and oxygen atoms in total. The lowest BCUT2D eigenvalue weighted by Crippen LogP contribution is -1.96. The first-order chi connectivity index (χ1) is 7.70. The summed E-state index contributed by atoms with van der Waals surface area (Å²) in [6.45, 7) is 3.88. The highest BCUT2D eigenvalue weighted by Gasteiger charge is 2.01. The Morgan fingerprint density at radius 2 is 2.44 bits per heavy atom. The summed E-state index contributed by atoms with van der Waals surface area (Å²) in [7, 11) is 0. The number of nitrogens with one attached hydrogen (secondary N) is 1. The van der Waals surface area contributed by atoms with Crippen LogP contribution in [-0.2, 0) is 6.42 Å². The zero-order valence-electron chi connectivity index (χ0n) is 9.10. The second-order valence-corrected chi connectivity index (χ2v) is 3.69. The summed E-state index contributed by atoms with van der Waals surface area (Å²) >= 11 is 5.06. The van der Waals surface area contributed by atoms with Crippen LogP contribution in [0, 0.1) is 11.7 Å². The molecule has 0 amide bonds. The molecule has 0 unspecified atom stereocenters. The quantitative estimate of drug-likeness (QED) is 0.657. The van der Waals surface area contributed by atoms with Gasteiger partial charge in [0, 0.05) is 6.42 Å². The van der Waals surface area contributed by atoms with Gasteiger partial charge in [0.05, 0.1) is 6.21 Å². The van der Waals surface area contributed by atoms with E-state index in [9.17, 15) is 0 Å². The van der Waals surface area contributed by atoms with Crippen molar-refractivity contribution < 1.29 is 4.42 Å². The van der Waals surface area contributed by atoms with E-state index >= 15 is 0 Å². The number of rotatable bonds is 3. The number of nitrogens with zero attached hydrogens (tertiary/aromatic N) is 3. The second-order valence-electron chi connectivity index (χ2n) is 3.30. The van der Waals surface area contributed by atoms with Gasteiger partial charge < -0.3 is 4.42 Å². The van der Waals surface area contributed by atoms with E-state index in [0.29, 0.717) is 10.5 Å². The molecule has 1 N–H and O–H groups in total. The number of H-pyrrole nitrogens is 1. The van der Waals surface area contributed by atoms with Gasteiger partial charge in [0.25, 0.3) is 0 Å². The number of furan rings is 1. The lowest BCUT2D eigenvalue weighted by molar-refractivity contribution is 0.527. The standard InChI is InChI=1S/C10H12N4OS/c1-3-9-12-13-10(16)14(9)11-6-8-5-4-7(2)15-8/h4-6H,3H2,1-2H3,(H,13,16)/b11-6+. The van der Waals surface area contributed by atoms with Crippen LogP contribution in [0.15, 0.2) is 21.7 Å². The second kappa shape index (κ2) is 4.44. The average molecular weight is 236 g/mol. The van der Waals surface area contributed by atoms with E-state index in [4.69, 9.17) is 16.6 Å². The molecule has 0 aliphatic carbocycles. The number of hydrogen-bond acceptors (Lipinski definition) is 4. The zero-order chi connectivity index (χ0) is 11.5. The minimum Gasteiger partial charge on any atom is -0.460 e. The summed E-state index contributed by atoms with van der Waals surface area (Å²) in [5.41, 5.74) is 0. The Labute approximate surface area is 97.8 Å². The van der Waals surface area contributed by atoms with Crippen LogP contribution < -0.4 is 0 Å². The largest absolute Gasteiger partial charge is 0.460 e. The number of aryl methyl sites for hydroxylation is 2. The Morgan fingerprint density at radius 1 is 1.62 bits per heavy atom. The van der Waals surface area contributed by atoms with E-state index in [1.54, 1.807) is 10.9 Å². The van der Waals surface area contributed by atoms with Crippen molar-refractivity contribution in [1.29, 1.82) is 0 Å². The molecule has 2 rings (SSSR count). The van der Waals surface area contributed by atoms with Gasteiger partial charge in [-0.05, 0) is 31.3 Å². The van der Waals surface area contributed by atoms with Gasteiger partial charge >= 0.3 is 0 Å². The Kier molecular flexibility index (Phi) is 3.00. The van der Waals surface area contributed by atoms with E-state index in [1.165, 1.54) is 0 Å². The molecular weight excluding hydrogens is 224 g/mol. The van der Waals surface area contributed by atoms with Gasteiger partial charge in [0.2, 0.25) is 4.77 Å². The van der Waals surface area contributed by atoms with Crippen molar-refractivity contribution in [3.05, 3.63) is 34.2 Å². The maximum atomic E-state index is 5.37. The summed E-state index contributed by atoms with van der Waals surface area (Å²) in [4.78, 5) is 0. The fourth-order valence-corrected chi connectivity index (χ4v) is 1.51. The third-order valence-corrected chi connectivity index (χ3v) is 2.36. The van der Waals surface area contributed by atoms with Gasteiger partial charge in [-0.2, -0.15) is 14.9 Å². The topological polar surface area (TPSA) is 59.1 Å². The first-order valence-electron chi connectivity index (χ1n) is 4.98. The van der Waals surface area contributed by atoms with Crippen LogP contribution in [0.2, 0.25) is 0 Å². The third kappa shape index (κ3) is 2.11. The molecule has 0 saturated heterocycles. The first-order valence-corrected chi connectivity index (χ1v) is 5.38.